The summed E-state index contributed by atoms with van der Waals surface area (Å²) in [5.41, 5.74) is 6.33. The largest absolute Gasteiger partial charge is 0.397 e. The number of nitrogens with one attached hydrogen (secondary N) is 1. The third-order valence-electron chi connectivity index (χ3n) is 3.27. The summed E-state index contributed by atoms with van der Waals surface area (Å²) in [6.07, 6.45) is 0.586. The van der Waals surface area contributed by atoms with Crippen LogP contribution in [0.25, 0.3) is 0 Å². The SMILES string of the molecule is CC1CN(CCC(=O)Nc2ccc(F)cc2N)CCO1. The molecule has 1 aromatic carbocycles. The lowest BCUT2D eigenvalue weighted by Gasteiger charge is -2.30. The summed E-state index contributed by atoms with van der Waals surface area (Å²) < 4.78 is 18.3. The van der Waals surface area contributed by atoms with Gasteiger partial charge in [0.15, 0.2) is 0 Å². The molecule has 0 spiro atoms. The van der Waals surface area contributed by atoms with Crippen LogP contribution in [0.4, 0.5) is 15.8 Å². The Balaban J connectivity index is 1.80. The zero-order valence-corrected chi connectivity index (χ0v) is 11.6. The predicted octanol–water partition coefficient (Wildman–Crippen LogP) is 1.46. The number of carbonyl (C=O) groups excluding carboxylic acids is 1. The maximum Gasteiger partial charge on any atom is 0.225 e. The van der Waals surface area contributed by atoms with Crippen molar-refractivity contribution in [2.75, 3.05) is 37.3 Å². The fourth-order valence-corrected chi connectivity index (χ4v) is 2.21. The molecule has 1 aliphatic rings. The van der Waals surface area contributed by atoms with E-state index in [1.165, 1.54) is 18.2 Å². The van der Waals surface area contributed by atoms with E-state index in [-0.39, 0.29) is 17.7 Å². The average molecular weight is 281 g/mol. The van der Waals surface area contributed by atoms with Gasteiger partial charge in [-0.2, -0.15) is 0 Å². The van der Waals surface area contributed by atoms with Crippen molar-refractivity contribution in [2.24, 2.45) is 0 Å². The van der Waals surface area contributed by atoms with Gasteiger partial charge in [-0.3, -0.25) is 9.69 Å². The van der Waals surface area contributed by atoms with E-state index in [9.17, 15) is 9.18 Å². The van der Waals surface area contributed by atoms with Gasteiger partial charge >= 0.3 is 0 Å². The number of amides is 1. The zero-order chi connectivity index (χ0) is 14.5. The molecule has 1 aromatic rings. The molecular formula is C14H20FN3O2. The number of hydrogen-bond donors (Lipinski definition) is 2. The predicted molar refractivity (Wildman–Crippen MR) is 75.9 cm³/mol. The molecule has 20 heavy (non-hydrogen) atoms. The smallest absolute Gasteiger partial charge is 0.225 e. The van der Waals surface area contributed by atoms with E-state index < -0.39 is 5.82 Å². The molecule has 0 radical (unpaired) electrons. The normalized spacial score (nSPS) is 19.8. The van der Waals surface area contributed by atoms with Gasteiger partial charge in [0, 0.05) is 26.1 Å². The van der Waals surface area contributed by atoms with E-state index in [1.807, 2.05) is 6.92 Å². The summed E-state index contributed by atoms with van der Waals surface area (Å²) in [4.78, 5) is 14.1. The monoisotopic (exact) mass is 281 g/mol. The number of nitrogens with zero attached hydrogens (tertiary/aromatic N) is 1. The van der Waals surface area contributed by atoms with Crippen molar-refractivity contribution in [2.45, 2.75) is 19.4 Å². The quantitative estimate of drug-likeness (QED) is 0.820. The Morgan fingerprint density at radius 1 is 1.60 bits per heavy atom. The van der Waals surface area contributed by atoms with Gasteiger partial charge in [0.25, 0.3) is 0 Å². The number of morpholine rings is 1. The standard InChI is InChI=1S/C14H20FN3O2/c1-10-9-18(6-7-20-10)5-4-14(19)17-13-3-2-11(15)8-12(13)16/h2-3,8,10H,4-7,9,16H2,1H3,(H,17,19). The molecule has 6 heteroatoms. The molecule has 1 saturated heterocycles. The Morgan fingerprint density at radius 3 is 3.10 bits per heavy atom. The van der Waals surface area contributed by atoms with E-state index in [2.05, 4.69) is 10.2 Å². The first-order chi connectivity index (χ1) is 9.54. The number of nitrogen functional groups attached to an aromatic ring is 1. The van der Waals surface area contributed by atoms with Crippen molar-refractivity contribution in [3.8, 4) is 0 Å². The minimum Gasteiger partial charge on any atom is -0.397 e. The Labute approximate surface area is 117 Å². The van der Waals surface area contributed by atoms with Crippen LogP contribution in [0.1, 0.15) is 13.3 Å². The van der Waals surface area contributed by atoms with Gasteiger partial charge in [-0.05, 0) is 25.1 Å². The van der Waals surface area contributed by atoms with Crippen LogP contribution >= 0.6 is 0 Å². The minimum atomic E-state index is -0.414. The van der Waals surface area contributed by atoms with Gasteiger partial charge < -0.3 is 15.8 Å². The molecule has 1 atom stereocenters. The van der Waals surface area contributed by atoms with Gasteiger partial charge in [-0.25, -0.2) is 4.39 Å². The van der Waals surface area contributed by atoms with Crippen LogP contribution in [-0.4, -0.2) is 43.2 Å². The highest BCUT2D eigenvalue weighted by Gasteiger charge is 2.17. The number of rotatable bonds is 4. The number of anilines is 2. The highest BCUT2D eigenvalue weighted by atomic mass is 19.1. The third-order valence-corrected chi connectivity index (χ3v) is 3.27. The summed E-state index contributed by atoms with van der Waals surface area (Å²) in [5.74, 6) is -0.537. The van der Waals surface area contributed by atoms with E-state index >= 15 is 0 Å². The lowest BCUT2D eigenvalue weighted by Crippen LogP contribution is -2.42. The summed E-state index contributed by atoms with van der Waals surface area (Å²) in [7, 11) is 0. The van der Waals surface area contributed by atoms with E-state index in [4.69, 9.17) is 10.5 Å². The number of nitrogens with two attached hydrogens (primary N) is 1. The Morgan fingerprint density at radius 2 is 2.40 bits per heavy atom. The van der Waals surface area contributed by atoms with Crippen LogP contribution in [0.3, 0.4) is 0 Å². The van der Waals surface area contributed by atoms with Gasteiger partial charge in [-0.15, -0.1) is 0 Å². The van der Waals surface area contributed by atoms with Crippen molar-refractivity contribution in [3.63, 3.8) is 0 Å². The van der Waals surface area contributed by atoms with Crippen LogP contribution in [0.5, 0.6) is 0 Å². The Kier molecular flexibility index (Phi) is 4.92. The number of hydrogen-bond acceptors (Lipinski definition) is 4. The van der Waals surface area contributed by atoms with Crippen molar-refractivity contribution in [3.05, 3.63) is 24.0 Å². The van der Waals surface area contributed by atoms with Gasteiger partial charge in [0.1, 0.15) is 5.82 Å². The van der Waals surface area contributed by atoms with Crippen molar-refractivity contribution >= 4 is 17.3 Å². The number of carbonyl (C=O) groups is 1. The van der Waals surface area contributed by atoms with Crippen LogP contribution < -0.4 is 11.1 Å². The fraction of sp³-hybridized carbons (Fsp3) is 0.500. The third kappa shape index (κ3) is 4.18. The van der Waals surface area contributed by atoms with Crippen molar-refractivity contribution < 1.29 is 13.9 Å². The van der Waals surface area contributed by atoms with Gasteiger partial charge in [0.05, 0.1) is 24.1 Å². The Hall–Kier alpha value is -1.66. The molecule has 0 aliphatic carbocycles. The molecule has 1 amide bonds. The van der Waals surface area contributed by atoms with Crippen molar-refractivity contribution in [1.29, 1.82) is 0 Å². The molecule has 110 valence electrons. The molecule has 0 bridgehead atoms. The molecule has 1 unspecified atom stereocenters. The molecule has 0 saturated carbocycles. The zero-order valence-electron chi connectivity index (χ0n) is 11.6. The topological polar surface area (TPSA) is 67.6 Å². The highest BCUT2D eigenvalue weighted by molar-refractivity contribution is 5.93. The van der Waals surface area contributed by atoms with Crippen LogP contribution in [0, 0.1) is 5.82 Å². The molecular weight excluding hydrogens is 261 g/mol. The molecule has 1 fully saturated rings. The maximum atomic E-state index is 12.9. The average Bonchev–Trinajstić information content (AvgIpc) is 2.40. The molecule has 5 nitrogen and oxygen atoms in total. The summed E-state index contributed by atoms with van der Waals surface area (Å²) in [6, 6.07) is 3.94. The van der Waals surface area contributed by atoms with E-state index in [1.54, 1.807) is 0 Å². The number of ether oxygens (including phenoxy) is 1. The molecule has 3 N–H and O–H groups in total. The second-order valence-electron chi connectivity index (χ2n) is 5.01. The highest BCUT2D eigenvalue weighted by Crippen LogP contribution is 2.19. The molecule has 2 rings (SSSR count). The Bertz CT molecular complexity index is 481. The summed E-state index contributed by atoms with van der Waals surface area (Å²) >= 11 is 0. The minimum absolute atomic E-state index is 0.123. The van der Waals surface area contributed by atoms with Crippen LogP contribution in [0.2, 0.25) is 0 Å². The van der Waals surface area contributed by atoms with E-state index in [0.29, 0.717) is 25.3 Å². The van der Waals surface area contributed by atoms with Gasteiger partial charge in [-0.1, -0.05) is 0 Å². The second kappa shape index (κ2) is 6.67. The lowest BCUT2D eigenvalue weighted by molar-refractivity contribution is -0.117. The summed E-state index contributed by atoms with van der Waals surface area (Å²) in [5, 5.41) is 2.70. The first-order valence-electron chi connectivity index (χ1n) is 6.73. The fourth-order valence-electron chi connectivity index (χ4n) is 2.21. The van der Waals surface area contributed by atoms with Crippen molar-refractivity contribution in [1.82, 2.24) is 4.90 Å². The molecule has 1 aliphatic heterocycles. The lowest BCUT2D eigenvalue weighted by atomic mass is 10.2. The van der Waals surface area contributed by atoms with E-state index in [0.717, 1.165) is 13.1 Å². The second-order valence-corrected chi connectivity index (χ2v) is 5.01. The first-order valence-corrected chi connectivity index (χ1v) is 6.73. The number of halogens is 1. The van der Waals surface area contributed by atoms with Crippen LogP contribution in [-0.2, 0) is 9.53 Å². The summed E-state index contributed by atoms with van der Waals surface area (Å²) in [6.45, 7) is 5.09. The van der Waals surface area contributed by atoms with Crippen LogP contribution in [0.15, 0.2) is 18.2 Å². The molecule has 1 heterocycles. The first kappa shape index (κ1) is 14.7. The maximum absolute atomic E-state index is 12.9. The van der Waals surface area contributed by atoms with Gasteiger partial charge in [0.2, 0.25) is 5.91 Å². The molecule has 0 aromatic heterocycles. The number of benzene rings is 1.